The molecule has 0 spiro atoms. The van der Waals surface area contributed by atoms with Crippen molar-refractivity contribution in [2.24, 2.45) is 5.73 Å². The van der Waals surface area contributed by atoms with Crippen LogP contribution in [0.2, 0.25) is 0 Å². The Kier molecular flexibility index (Phi) is 3.52. The summed E-state index contributed by atoms with van der Waals surface area (Å²) in [5.41, 5.74) is 13.5. The summed E-state index contributed by atoms with van der Waals surface area (Å²) in [6, 6.07) is 1.77. The summed E-state index contributed by atoms with van der Waals surface area (Å²) in [6.07, 6.45) is 1.76. The van der Waals surface area contributed by atoms with Crippen LogP contribution in [-0.4, -0.2) is 36.9 Å². The molecule has 3 heterocycles. The molecular weight excluding hydrogens is 290 g/mol. The first-order chi connectivity index (χ1) is 10.0. The zero-order chi connectivity index (χ0) is 15.1. The lowest BCUT2D eigenvalue weighted by atomic mass is 10.1. The molecule has 0 radical (unpaired) electrons. The topological polar surface area (TPSA) is 112 Å². The average Bonchev–Trinajstić information content (AvgIpc) is 3.00. The Morgan fingerprint density at radius 1 is 1.62 bits per heavy atom. The molecule has 2 aromatic rings. The largest absolute Gasteiger partial charge is 0.390 e. The van der Waals surface area contributed by atoms with Crippen molar-refractivity contribution < 1.29 is 9.84 Å². The van der Waals surface area contributed by atoms with Crippen LogP contribution in [0.4, 0.5) is 5.82 Å². The summed E-state index contributed by atoms with van der Waals surface area (Å²) in [5.74, 6) is 0.290. The third kappa shape index (κ3) is 2.25. The van der Waals surface area contributed by atoms with Crippen molar-refractivity contribution >= 4 is 28.5 Å². The van der Waals surface area contributed by atoms with E-state index >= 15 is 0 Å². The van der Waals surface area contributed by atoms with Gasteiger partial charge in [0.2, 0.25) is 0 Å². The quantitative estimate of drug-likeness (QED) is 0.710. The van der Waals surface area contributed by atoms with E-state index < -0.39 is 12.2 Å². The fourth-order valence-corrected chi connectivity index (χ4v) is 2.91. The van der Waals surface area contributed by atoms with Gasteiger partial charge in [0.1, 0.15) is 22.9 Å². The highest BCUT2D eigenvalue weighted by Crippen LogP contribution is 2.36. The molecule has 1 aliphatic rings. The minimum atomic E-state index is -0.594. The smallest absolute Gasteiger partial charge is 0.152 e. The number of rotatable bonds is 3. The zero-order valence-corrected chi connectivity index (χ0v) is 12.4. The molecule has 5 N–H and O–H groups in total. The Bertz CT molecular complexity index is 701. The molecule has 8 heteroatoms. The molecule has 2 aromatic heterocycles. The molecule has 1 aliphatic heterocycles. The first kappa shape index (κ1) is 14.2. The number of aromatic nitrogens is 3. The van der Waals surface area contributed by atoms with E-state index in [1.54, 1.807) is 10.6 Å². The van der Waals surface area contributed by atoms with Gasteiger partial charge in [-0.3, -0.25) is 0 Å². The van der Waals surface area contributed by atoms with Crippen molar-refractivity contribution in [1.82, 2.24) is 14.6 Å². The van der Waals surface area contributed by atoms with Crippen molar-refractivity contribution in [1.29, 1.82) is 0 Å². The van der Waals surface area contributed by atoms with E-state index in [0.717, 1.165) is 6.42 Å². The summed E-state index contributed by atoms with van der Waals surface area (Å²) >= 11 is 5.06. The fourth-order valence-electron chi connectivity index (χ4n) is 2.76. The number of nitrogens with two attached hydrogens (primary N) is 2. The van der Waals surface area contributed by atoms with Crippen molar-refractivity contribution in [2.45, 2.75) is 38.1 Å². The van der Waals surface area contributed by atoms with Crippen LogP contribution in [0.15, 0.2) is 12.4 Å². The Labute approximate surface area is 126 Å². The number of aliphatic hydroxyl groups is 1. The highest BCUT2D eigenvalue weighted by Gasteiger charge is 2.36. The van der Waals surface area contributed by atoms with Crippen molar-refractivity contribution in [3.05, 3.63) is 23.7 Å². The maximum absolute atomic E-state index is 10.2. The van der Waals surface area contributed by atoms with Gasteiger partial charge in [0.05, 0.1) is 17.9 Å². The van der Waals surface area contributed by atoms with Gasteiger partial charge in [-0.15, -0.1) is 0 Å². The molecule has 0 aliphatic carbocycles. The van der Waals surface area contributed by atoms with Gasteiger partial charge in [-0.2, -0.15) is 5.10 Å². The molecule has 112 valence electrons. The number of thiocarbonyl (C=S) groups is 1. The minimum Gasteiger partial charge on any atom is -0.390 e. The van der Waals surface area contributed by atoms with E-state index in [9.17, 15) is 5.11 Å². The number of hydrogen-bond acceptors (Lipinski definition) is 6. The molecule has 7 nitrogen and oxygen atoms in total. The molecular formula is C13H17N5O2S. The predicted octanol–water partition coefficient (Wildman–Crippen LogP) is 0.547. The first-order valence-electron chi connectivity index (χ1n) is 6.78. The first-order valence-corrected chi connectivity index (χ1v) is 7.19. The highest BCUT2D eigenvalue weighted by molar-refractivity contribution is 7.80. The average molecular weight is 307 g/mol. The molecule has 0 amide bonds. The second-order valence-corrected chi connectivity index (χ2v) is 5.58. The predicted molar refractivity (Wildman–Crippen MR) is 81.8 cm³/mol. The molecule has 0 aromatic carbocycles. The van der Waals surface area contributed by atoms with Gasteiger partial charge in [-0.1, -0.05) is 19.1 Å². The van der Waals surface area contributed by atoms with E-state index in [0.29, 0.717) is 29.0 Å². The number of aliphatic hydroxyl groups excluding tert-OH is 1. The van der Waals surface area contributed by atoms with Crippen LogP contribution in [0.1, 0.15) is 37.1 Å². The van der Waals surface area contributed by atoms with Crippen LogP contribution >= 0.6 is 12.2 Å². The minimum absolute atomic E-state index is 0.0306. The lowest BCUT2D eigenvalue weighted by Crippen LogP contribution is -2.15. The van der Waals surface area contributed by atoms with Crippen molar-refractivity contribution in [3.63, 3.8) is 0 Å². The van der Waals surface area contributed by atoms with Gasteiger partial charge in [-0.05, 0) is 12.5 Å². The third-order valence-corrected chi connectivity index (χ3v) is 4.04. The molecule has 0 unspecified atom stereocenters. The Morgan fingerprint density at radius 2 is 2.38 bits per heavy atom. The molecule has 0 bridgehead atoms. The molecule has 1 saturated heterocycles. The van der Waals surface area contributed by atoms with Gasteiger partial charge in [0.25, 0.3) is 0 Å². The van der Waals surface area contributed by atoms with Gasteiger partial charge >= 0.3 is 0 Å². The van der Waals surface area contributed by atoms with Crippen LogP contribution < -0.4 is 11.5 Å². The Balaban J connectivity index is 2.16. The lowest BCUT2D eigenvalue weighted by molar-refractivity contribution is 0.00451. The second-order valence-electron chi connectivity index (χ2n) is 5.14. The van der Waals surface area contributed by atoms with Crippen LogP contribution in [0, 0.1) is 0 Å². The van der Waals surface area contributed by atoms with E-state index in [-0.39, 0.29) is 11.1 Å². The maximum atomic E-state index is 10.2. The maximum Gasteiger partial charge on any atom is 0.152 e. The Hall–Kier alpha value is -1.77. The van der Waals surface area contributed by atoms with Crippen LogP contribution in [0.25, 0.3) is 5.52 Å². The molecule has 3 rings (SSSR count). The summed E-state index contributed by atoms with van der Waals surface area (Å²) in [6.45, 7) is 2.02. The van der Waals surface area contributed by atoms with E-state index in [4.69, 9.17) is 28.4 Å². The third-order valence-electron chi connectivity index (χ3n) is 3.82. The van der Waals surface area contributed by atoms with Crippen LogP contribution in [0.3, 0.4) is 0 Å². The number of nitrogen functional groups attached to an aromatic ring is 1. The molecule has 0 saturated carbocycles. The summed E-state index contributed by atoms with van der Waals surface area (Å²) in [4.78, 5) is 4.18. The number of anilines is 1. The molecule has 1 fully saturated rings. The monoisotopic (exact) mass is 307 g/mol. The summed E-state index contributed by atoms with van der Waals surface area (Å²) in [5, 5.41) is 14.4. The number of hydrogen-bond donors (Lipinski definition) is 3. The van der Waals surface area contributed by atoms with Crippen LogP contribution in [0.5, 0.6) is 0 Å². The number of fused-ring (bicyclic) bond motifs is 1. The normalized spacial score (nSPS) is 25.5. The SMILES string of the molecule is CC[C@@H]1C[C@H](O)[C@H](c2cc(C(N)=S)c3c(N)ncnn23)O1. The summed E-state index contributed by atoms with van der Waals surface area (Å²) < 4.78 is 7.49. The summed E-state index contributed by atoms with van der Waals surface area (Å²) in [7, 11) is 0. The molecule has 3 atom stereocenters. The van der Waals surface area contributed by atoms with Gasteiger partial charge in [0.15, 0.2) is 5.82 Å². The highest BCUT2D eigenvalue weighted by atomic mass is 32.1. The standard InChI is InChI=1S/C13H17N5O2S/c1-2-6-3-9(19)11(20-6)8-4-7(13(15)21)10-12(14)16-5-17-18(8)10/h4-6,9,11,19H,2-3H2,1H3,(H2,15,21)(H2,14,16,17)/t6-,9+,11+/m1/s1. The fraction of sp³-hybridized carbons (Fsp3) is 0.462. The van der Waals surface area contributed by atoms with Gasteiger partial charge in [-0.25, -0.2) is 9.50 Å². The van der Waals surface area contributed by atoms with Gasteiger partial charge < -0.3 is 21.3 Å². The van der Waals surface area contributed by atoms with E-state index in [1.165, 1.54) is 6.33 Å². The number of nitrogens with zero attached hydrogens (tertiary/aromatic N) is 3. The number of ether oxygens (including phenoxy) is 1. The molecule has 21 heavy (non-hydrogen) atoms. The Morgan fingerprint density at radius 3 is 3.00 bits per heavy atom. The second kappa shape index (κ2) is 5.21. The zero-order valence-electron chi connectivity index (χ0n) is 11.6. The van der Waals surface area contributed by atoms with Crippen LogP contribution in [-0.2, 0) is 4.74 Å². The lowest BCUT2D eigenvalue weighted by Gasteiger charge is -2.14. The van der Waals surface area contributed by atoms with Crippen molar-refractivity contribution in [3.8, 4) is 0 Å². The van der Waals surface area contributed by atoms with E-state index in [1.807, 2.05) is 6.92 Å². The van der Waals surface area contributed by atoms with E-state index in [2.05, 4.69) is 10.1 Å². The van der Waals surface area contributed by atoms with Gasteiger partial charge in [0, 0.05) is 12.0 Å². The van der Waals surface area contributed by atoms with Crippen molar-refractivity contribution in [2.75, 3.05) is 5.73 Å².